The fourth-order valence-electron chi connectivity index (χ4n) is 1.21. The van der Waals surface area contributed by atoms with E-state index in [0.29, 0.717) is 5.02 Å². The molecule has 0 amide bonds. The van der Waals surface area contributed by atoms with Gasteiger partial charge in [0, 0.05) is 9.50 Å². The van der Waals surface area contributed by atoms with Crippen LogP contribution in [0.2, 0.25) is 5.02 Å². The van der Waals surface area contributed by atoms with E-state index < -0.39 is 12.2 Å². The first-order valence-electron chi connectivity index (χ1n) is 4.57. The van der Waals surface area contributed by atoms with E-state index >= 15 is 0 Å². The standard InChI is InChI=1S/C10H10BrClF3N/c11-8-3-2-7(12)5-6(8)1-4-9(16)10(13,14)15/h2-3,5,9H,1,4,16H2. The molecule has 0 radical (unpaired) electrons. The van der Waals surface area contributed by atoms with Crippen molar-refractivity contribution in [2.24, 2.45) is 5.73 Å². The molecule has 1 unspecified atom stereocenters. The second kappa shape index (κ2) is 5.38. The first-order valence-corrected chi connectivity index (χ1v) is 5.74. The Balaban J connectivity index is 2.64. The maximum Gasteiger partial charge on any atom is 0.403 e. The monoisotopic (exact) mass is 315 g/mol. The number of alkyl halides is 3. The lowest BCUT2D eigenvalue weighted by atomic mass is 10.1. The van der Waals surface area contributed by atoms with Crippen molar-refractivity contribution in [1.29, 1.82) is 0 Å². The molecule has 0 saturated carbocycles. The summed E-state index contributed by atoms with van der Waals surface area (Å²) in [5.41, 5.74) is 5.74. The molecule has 0 aliphatic carbocycles. The van der Waals surface area contributed by atoms with Gasteiger partial charge in [-0.25, -0.2) is 0 Å². The van der Waals surface area contributed by atoms with Crippen LogP contribution in [0.15, 0.2) is 22.7 Å². The van der Waals surface area contributed by atoms with Gasteiger partial charge in [-0.2, -0.15) is 13.2 Å². The molecule has 0 aliphatic rings. The van der Waals surface area contributed by atoms with Gasteiger partial charge in [0.25, 0.3) is 0 Å². The molecule has 6 heteroatoms. The minimum atomic E-state index is -4.34. The summed E-state index contributed by atoms with van der Waals surface area (Å²) in [4.78, 5) is 0. The molecule has 0 bridgehead atoms. The fraction of sp³-hybridized carbons (Fsp3) is 0.400. The third-order valence-electron chi connectivity index (χ3n) is 2.15. The van der Waals surface area contributed by atoms with Crippen molar-refractivity contribution in [1.82, 2.24) is 0 Å². The maximum atomic E-state index is 12.2. The van der Waals surface area contributed by atoms with E-state index in [4.69, 9.17) is 17.3 Å². The van der Waals surface area contributed by atoms with E-state index in [1.54, 1.807) is 18.2 Å². The molecular formula is C10H10BrClF3N. The fourth-order valence-corrected chi connectivity index (χ4v) is 1.85. The third kappa shape index (κ3) is 3.96. The minimum absolute atomic E-state index is 0.150. The molecular weight excluding hydrogens is 306 g/mol. The number of rotatable bonds is 3. The molecule has 0 aliphatic heterocycles. The van der Waals surface area contributed by atoms with Gasteiger partial charge in [-0.1, -0.05) is 27.5 Å². The van der Waals surface area contributed by atoms with E-state index in [0.717, 1.165) is 10.0 Å². The summed E-state index contributed by atoms with van der Waals surface area (Å²) in [5, 5.41) is 0.499. The minimum Gasteiger partial charge on any atom is -0.320 e. The topological polar surface area (TPSA) is 26.0 Å². The van der Waals surface area contributed by atoms with Crippen molar-refractivity contribution in [2.45, 2.75) is 25.1 Å². The van der Waals surface area contributed by atoms with Crippen LogP contribution in [0.5, 0.6) is 0 Å². The Labute approximate surface area is 105 Å². The lowest BCUT2D eigenvalue weighted by Crippen LogP contribution is -2.37. The van der Waals surface area contributed by atoms with Gasteiger partial charge >= 0.3 is 6.18 Å². The van der Waals surface area contributed by atoms with Crippen LogP contribution >= 0.6 is 27.5 Å². The predicted octanol–water partition coefficient (Wildman–Crippen LogP) is 3.92. The largest absolute Gasteiger partial charge is 0.403 e. The van der Waals surface area contributed by atoms with Gasteiger partial charge in [-0.05, 0) is 36.6 Å². The molecule has 1 rings (SSSR count). The van der Waals surface area contributed by atoms with Crippen molar-refractivity contribution in [2.75, 3.05) is 0 Å². The Kier molecular flexibility index (Phi) is 4.64. The van der Waals surface area contributed by atoms with E-state index in [1.165, 1.54) is 0 Å². The summed E-state index contributed by atoms with van der Waals surface area (Å²) < 4.78 is 37.2. The van der Waals surface area contributed by atoms with Crippen LogP contribution in [0.3, 0.4) is 0 Å². The average molecular weight is 317 g/mol. The molecule has 1 nitrogen and oxygen atoms in total. The van der Waals surface area contributed by atoms with Crippen LogP contribution in [0.25, 0.3) is 0 Å². The van der Waals surface area contributed by atoms with Gasteiger partial charge in [0.05, 0.1) is 0 Å². The van der Waals surface area contributed by atoms with Crippen molar-refractivity contribution in [3.8, 4) is 0 Å². The van der Waals surface area contributed by atoms with E-state index in [9.17, 15) is 13.2 Å². The lowest BCUT2D eigenvalue weighted by molar-refractivity contribution is -0.148. The van der Waals surface area contributed by atoms with Crippen molar-refractivity contribution in [3.63, 3.8) is 0 Å². The van der Waals surface area contributed by atoms with Crippen LogP contribution in [0.1, 0.15) is 12.0 Å². The number of halogens is 5. The SMILES string of the molecule is NC(CCc1cc(Cl)ccc1Br)C(F)(F)F. The van der Waals surface area contributed by atoms with Gasteiger partial charge in [0.15, 0.2) is 0 Å². The molecule has 0 aromatic heterocycles. The highest BCUT2D eigenvalue weighted by atomic mass is 79.9. The highest BCUT2D eigenvalue weighted by Gasteiger charge is 2.36. The molecule has 0 saturated heterocycles. The smallest absolute Gasteiger partial charge is 0.320 e. The summed E-state index contributed by atoms with van der Waals surface area (Å²) in [5.74, 6) is 0. The summed E-state index contributed by atoms with van der Waals surface area (Å²) in [6.45, 7) is 0. The summed E-state index contributed by atoms with van der Waals surface area (Å²) in [6.07, 6.45) is -4.25. The second-order valence-electron chi connectivity index (χ2n) is 3.42. The molecule has 1 atom stereocenters. The van der Waals surface area contributed by atoms with Crippen LogP contribution in [-0.4, -0.2) is 12.2 Å². The molecule has 1 aromatic carbocycles. The Morgan fingerprint density at radius 2 is 2.00 bits per heavy atom. The van der Waals surface area contributed by atoms with Gasteiger partial charge in [0.1, 0.15) is 6.04 Å². The zero-order valence-corrected chi connectivity index (χ0v) is 10.5. The molecule has 0 heterocycles. The highest BCUT2D eigenvalue weighted by molar-refractivity contribution is 9.10. The normalized spacial score (nSPS) is 13.9. The highest BCUT2D eigenvalue weighted by Crippen LogP contribution is 2.26. The van der Waals surface area contributed by atoms with Crippen LogP contribution < -0.4 is 5.73 Å². The molecule has 90 valence electrons. The Bertz CT molecular complexity index is 368. The lowest BCUT2D eigenvalue weighted by Gasteiger charge is -2.15. The van der Waals surface area contributed by atoms with E-state index in [1.807, 2.05) is 0 Å². The maximum absolute atomic E-state index is 12.2. The van der Waals surface area contributed by atoms with Crippen molar-refractivity contribution >= 4 is 27.5 Å². The predicted molar refractivity (Wildman–Crippen MR) is 61.5 cm³/mol. The van der Waals surface area contributed by atoms with Crippen molar-refractivity contribution in [3.05, 3.63) is 33.3 Å². The van der Waals surface area contributed by atoms with Crippen LogP contribution in [0, 0.1) is 0 Å². The van der Waals surface area contributed by atoms with Gasteiger partial charge in [-0.3, -0.25) is 0 Å². The van der Waals surface area contributed by atoms with Crippen LogP contribution in [0.4, 0.5) is 13.2 Å². The summed E-state index contributed by atoms with van der Waals surface area (Å²) >= 11 is 9.00. The molecule has 1 aromatic rings. The van der Waals surface area contributed by atoms with Gasteiger partial charge < -0.3 is 5.73 Å². The van der Waals surface area contributed by atoms with E-state index in [-0.39, 0.29) is 12.8 Å². The zero-order valence-electron chi connectivity index (χ0n) is 8.19. The van der Waals surface area contributed by atoms with Gasteiger partial charge in [0.2, 0.25) is 0 Å². The third-order valence-corrected chi connectivity index (χ3v) is 3.16. The number of hydrogen-bond donors (Lipinski definition) is 1. The second-order valence-corrected chi connectivity index (χ2v) is 4.71. The number of nitrogens with two attached hydrogens (primary N) is 1. The number of benzene rings is 1. The average Bonchev–Trinajstić information content (AvgIpc) is 2.17. The quantitative estimate of drug-likeness (QED) is 0.898. The molecule has 2 N–H and O–H groups in total. The van der Waals surface area contributed by atoms with Crippen molar-refractivity contribution < 1.29 is 13.2 Å². The molecule has 0 spiro atoms. The first kappa shape index (κ1) is 13.8. The molecule has 0 fully saturated rings. The first-order chi connectivity index (χ1) is 7.30. The Hall–Kier alpha value is -0.260. The van der Waals surface area contributed by atoms with Gasteiger partial charge in [-0.15, -0.1) is 0 Å². The Morgan fingerprint density at radius 3 is 2.56 bits per heavy atom. The number of hydrogen-bond acceptors (Lipinski definition) is 1. The zero-order chi connectivity index (χ0) is 12.3. The summed E-state index contributed by atoms with van der Waals surface area (Å²) in [6, 6.07) is 3.21. The summed E-state index contributed by atoms with van der Waals surface area (Å²) in [7, 11) is 0. The van der Waals surface area contributed by atoms with E-state index in [2.05, 4.69) is 15.9 Å². The molecule has 16 heavy (non-hydrogen) atoms. The van der Waals surface area contributed by atoms with Crippen LogP contribution in [-0.2, 0) is 6.42 Å². The number of aryl methyl sites for hydroxylation is 1. The Morgan fingerprint density at radius 1 is 1.38 bits per heavy atom.